The van der Waals surface area contributed by atoms with Crippen LogP contribution < -0.4 is 5.32 Å². The lowest BCUT2D eigenvalue weighted by Crippen LogP contribution is -2.13. The number of benzene rings is 4. The van der Waals surface area contributed by atoms with E-state index in [4.69, 9.17) is 9.97 Å². The van der Waals surface area contributed by atoms with E-state index in [2.05, 4.69) is 160 Å². The Bertz CT molecular complexity index is 3330. The Morgan fingerprint density at radius 2 is 0.836 bits per heavy atom. The van der Waals surface area contributed by atoms with Crippen LogP contribution in [0.2, 0.25) is 0 Å². The van der Waals surface area contributed by atoms with E-state index < -0.39 is 0 Å². The number of unbranched alkanes of at least 4 members (excludes halogenated alkanes) is 13. The Hall–Kier alpha value is -7.56. The summed E-state index contributed by atoms with van der Waals surface area (Å²) in [6.45, 7) is 0.727. The molecule has 6 heterocycles. The summed E-state index contributed by atoms with van der Waals surface area (Å²) in [5, 5.41) is 11.9. The summed E-state index contributed by atoms with van der Waals surface area (Å²) < 4.78 is 1.80. The number of nitrogens with one attached hydrogen (secondary N) is 3. The summed E-state index contributed by atoms with van der Waals surface area (Å²) >= 11 is 4.32. The second-order valence-corrected chi connectivity index (χ2v) is 19.6. The molecule has 10 heteroatoms. The van der Waals surface area contributed by atoms with Gasteiger partial charge in [-0.15, -0.1) is 5.10 Å². The van der Waals surface area contributed by atoms with Gasteiger partial charge in [-0.1, -0.05) is 191 Å². The molecule has 2 aliphatic rings. The van der Waals surface area contributed by atoms with E-state index in [1.165, 1.54) is 77.0 Å². The first-order valence-electron chi connectivity index (χ1n) is 26.4. The number of aromatic amines is 2. The number of anilines is 1. The zero-order chi connectivity index (χ0) is 49.6. The van der Waals surface area contributed by atoms with Gasteiger partial charge in [0, 0.05) is 62.1 Å². The number of thiol groups is 1. The van der Waals surface area contributed by atoms with Crippen LogP contribution in [0.1, 0.15) is 123 Å². The summed E-state index contributed by atoms with van der Waals surface area (Å²) in [6, 6.07) is 47.6. The number of fused-ring (bicyclic) bond motifs is 8. The van der Waals surface area contributed by atoms with E-state index in [-0.39, 0.29) is 11.6 Å². The highest BCUT2D eigenvalue weighted by molar-refractivity contribution is 7.80. The highest BCUT2D eigenvalue weighted by atomic mass is 32.1. The third-order valence-corrected chi connectivity index (χ3v) is 14.3. The summed E-state index contributed by atoms with van der Waals surface area (Å²) in [6.07, 6.45) is 28.2. The number of rotatable bonds is 22. The van der Waals surface area contributed by atoms with Crippen LogP contribution in [0.4, 0.5) is 5.69 Å². The third kappa shape index (κ3) is 11.9. The molecular formula is C63H64N8OS. The summed E-state index contributed by atoms with van der Waals surface area (Å²) in [5.41, 5.74) is 15.5. The number of hydrogen-bond donors (Lipinski definition) is 4. The second kappa shape index (κ2) is 24.2. The molecule has 368 valence electrons. The van der Waals surface area contributed by atoms with Gasteiger partial charge in [-0.05, 0) is 89.9 Å². The lowest BCUT2D eigenvalue weighted by atomic mass is 10.0. The van der Waals surface area contributed by atoms with Crippen LogP contribution in [0.5, 0.6) is 0 Å². The lowest BCUT2D eigenvalue weighted by Gasteiger charge is -2.12. The predicted molar refractivity (Wildman–Crippen MR) is 307 cm³/mol. The molecular weight excluding hydrogens is 917 g/mol. The molecule has 2 aliphatic heterocycles. The maximum absolute atomic E-state index is 14.1. The molecule has 4 aromatic carbocycles. The van der Waals surface area contributed by atoms with Crippen LogP contribution in [0.15, 0.2) is 146 Å². The maximum atomic E-state index is 14.1. The Balaban J connectivity index is 0.964. The van der Waals surface area contributed by atoms with Gasteiger partial charge < -0.3 is 15.3 Å². The number of para-hydroxylation sites is 1. The molecule has 8 aromatic rings. The highest BCUT2D eigenvalue weighted by Crippen LogP contribution is 2.40. The SMILES string of the molecule is O=C(Nc1ccccc1-c1c2nc(c(-c3ccccc3)c3ccc([nH]3)c(-c3ccccc3)c3nc(c(-c4ccccc4)c4ccc1[nH]4)C=C3)C=C2)c1cn(CCCCCCCCCCCCCCCCS)nn1. The van der Waals surface area contributed by atoms with Gasteiger partial charge >= 0.3 is 0 Å². The standard InChI is InChI=1S/C63H64N8OS/c72-63(58-44-71(70-69-58)42-24-11-9-7-5-3-1-2-4-6-8-10-12-25-43-73)68-49-33-23-22-32-48(49)62-56-40-38-54(66-56)60(46-28-18-14-19-29-46)52-36-34-50(64-52)59(45-26-16-13-17-27-45)51-35-37-53(65-51)61(47-30-20-15-21-31-47)55-39-41-57(62)67-55/h13-23,26-41,44,64,67,73H,1-12,24-25,42-43H2,(H,68,72). The molecule has 0 radical (unpaired) electrons. The quantitative estimate of drug-likeness (QED) is 0.0399. The van der Waals surface area contributed by atoms with Gasteiger partial charge in [-0.25, -0.2) is 9.97 Å². The van der Waals surface area contributed by atoms with E-state index >= 15 is 0 Å². The fraction of sp³-hybridized carbons (Fsp3) is 0.254. The number of amides is 1. The highest BCUT2D eigenvalue weighted by Gasteiger charge is 2.21. The molecule has 9 nitrogen and oxygen atoms in total. The van der Waals surface area contributed by atoms with E-state index in [1.54, 1.807) is 10.9 Å². The molecule has 0 saturated carbocycles. The van der Waals surface area contributed by atoms with E-state index in [1.807, 2.05) is 42.5 Å². The van der Waals surface area contributed by atoms with E-state index in [0.29, 0.717) is 5.69 Å². The molecule has 0 fully saturated rings. The van der Waals surface area contributed by atoms with Crippen molar-refractivity contribution in [1.29, 1.82) is 0 Å². The van der Waals surface area contributed by atoms with Crippen LogP contribution in [0.3, 0.4) is 0 Å². The molecule has 0 saturated heterocycles. The molecule has 8 bridgehead atoms. The van der Waals surface area contributed by atoms with Crippen LogP contribution in [0, 0.1) is 0 Å². The number of aromatic nitrogens is 7. The smallest absolute Gasteiger partial charge is 0.277 e. The van der Waals surface area contributed by atoms with Gasteiger partial charge in [0.25, 0.3) is 5.91 Å². The van der Waals surface area contributed by atoms with Crippen molar-refractivity contribution in [2.24, 2.45) is 0 Å². The summed E-state index contributed by atoms with van der Waals surface area (Å²) in [7, 11) is 0. The molecule has 0 unspecified atom stereocenters. The first-order valence-corrected chi connectivity index (χ1v) is 27.0. The molecule has 73 heavy (non-hydrogen) atoms. The van der Waals surface area contributed by atoms with Gasteiger partial charge in [0.05, 0.1) is 29.0 Å². The molecule has 4 aromatic heterocycles. The second-order valence-electron chi connectivity index (χ2n) is 19.1. The topological polar surface area (TPSA) is 117 Å². The number of H-pyrrole nitrogens is 2. The molecule has 0 aliphatic carbocycles. The first kappa shape index (κ1) is 49.0. The monoisotopic (exact) mass is 980 g/mol. The van der Waals surface area contributed by atoms with E-state index in [0.717, 1.165) is 114 Å². The zero-order valence-corrected chi connectivity index (χ0v) is 42.5. The number of hydrogen-bond acceptors (Lipinski definition) is 6. The lowest BCUT2D eigenvalue weighted by molar-refractivity contribution is 0.102. The fourth-order valence-electron chi connectivity index (χ4n) is 10.2. The molecule has 3 N–H and O–H groups in total. The van der Waals surface area contributed by atoms with Gasteiger partial charge in [-0.2, -0.15) is 12.6 Å². The van der Waals surface area contributed by atoms with Crippen molar-refractivity contribution in [3.05, 3.63) is 174 Å². The van der Waals surface area contributed by atoms with Crippen molar-refractivity contribution in [2.45, 2.75) is 96.4 Å². The number of nitrogens with zero attached hydrogens (tertiary/aromatic N) is 5. The molecule has 10 rings (SSSR count). The predicted octanol–water partition coefficient (Wildman–Crippen LogP) is 16.6. The first-order chi connectivity index (χ1) is 36.1. The fourth-order valence-corrected chi connectivity index (χ4v) is 10.5. The average molecular weight is 981 g/mol. The van der Waals surface area contributed by atoms with Crippen molar-refractivity contribution < 1.29 is 4.79 Å². The minimum atomic E-state index is -0.323. The van der Waals surface area contributed by atoms with Crippen LogP contribution >= 0.6 is 12.6 Å². The van der Waals surface area contributed by atoms with Crippen LogP contribution in [-0.2, 0) is 6.54 Å². The van der Waals surface area contributed by atoms with Crippen molar-refractivity contribution in [3.63, 3.8) is 0 Å². The van der Waals surface area contributed by atoms with Crippen molar-refractivity contribution >= 4 is 70.6 Å². The number of carbonyl (C=O) groups excluding carboxylic acids is 1. The summed E-state index contributed by atoms with van der Waals surface area (Å²) in [4.78, 5) is 32.7. The minimum Gasteiger partial charge on any atom is -0.354 e. The normalized spacial score (nSPS) is 11.9. The van der Waals surface area contributed by atoms with Crippen LogP contribution in [0.25, 0.3) is 90.9 Å². The van der Waals surface area contributed by atoms with Gasteiger partial charge in [0.2, 0.25) is 0 Å². The largest absolute Gasteiger partial charge is 0.354 e. The molecule has 0 spiro atoms. The minimum absolute atomic E-state index is 0.273. The zero-order valence-electron chi connectivity index (χ0n) is 41.6. The molecule has 1 amide bonds. The summed E-state index contributed by atoms with van der Waals surface area (Å²) in [5.74, 6) is 0.693. The average Bonchev–Trinajstić information content (AvgIpc) is 4.31. The Morgan fingerprint density at radius 1 is 0.452 bits per heavy atom. The van der Waals surface area contributed by atoms with Crippen molar-refractivity contribution in [2.75, 3.05) is 11.1 Å². The Labute approximate surface area is 434 Å². The Kier molecular flexibility index (Phi) is 16.3. The molecule has 0 atom stereocenters. The van der Waals surface area contributed by atoms with Gasteiger partial charge in [-0.3, -0.25) is 9.48 Å². The Morgan fingerprint density at radius 3 is 1.29 bits per heavy atom. The number of carbonyl (C=O) groups is 1. The van der Waals surface area contributed by atoms with Crippen LogP contribution in [-0.4, -0.2) is 46.6 Å². The van der Waals surface area contributed by atoms with Gasteiger partial charge in [0.15, 0.2) is 5.69 Å². The van der Waals surface area contributed by atoms with E-state index in [9.17, 15) is 4.79 Å². The van der Waals surface area contributed by atoms with Crippen molar-refractivity contribution in [3.8, 4) is 44.5 Å². The van der Waals surface area contributed by atoms with Gasteiger partial charge in [0.1, 0.15) is 0 Å². The third-order valence-electron chi connectivity index (χ3n) is 14.0. The maximum Gasteiger partial charge on any atom is 0.277 e. The van der Waals surface area contributed by atoms with Crippen molar-refractivity contribution in [1.82, 2.24) is 34.9 Å². The number of aryl methyl sites for hydroxylation is 1.